The summed E-state index contributed by atoms with van der Waals surface area (Å²) in [5, 5.41) is 0.771. The molecule has 1 rings (SSSR count). The Morgan fingerprint density at radius 2 is 1.91 bits per heavy atom. The van der Waals surface area contributed by atoms with Gasteiger partial charge in [-0.15, -0.1) is 0 Å². The van der Waals surface area contributed by atoms with E-state index in [1.807, 2.05) is 36.4 Å². The summed E-state index contributed by atoms with van der Waals surface area (Å²) in [5.41, 5.74) is 1.16. The molecule has 0 aliphatic carbocycles. The van der Waals surface area contributed by atoms with Crippen LogP contribution in [0, 0.1) is 0 Å². The van der Waals surface area contributed by atoms with Crippen molar-refractivity contribution in [1.29, 1.82) is 0 Å². The number of rotatable bonds is 2. The predicted octanol–water partition coefficient (Wildman–Crippen LogP) is 3.28. The summed E-state index contributed by atoms with van der Waals surface area (Å²) in [7, 11) is 0. The Kier molecular flexibility index (Phi) is 3.53. The van der Waals surface area contributed by atoms with Gasteiger partial charge in [0.25, 0.3) is 0 Å². The van der Waals surface area contributed by atoms with Gasteiger partial charge in [0.15, 0.2) is 0 Å². The largest absolute Gasteiger partial charge is 0.175 e. The number of hydrogen-bond donors (Lipinski definition) is 1. The molecule has 0 amide bonds. The van der Waals surface area contributed by atoms with Gasteiger partial charge in [0.2, 0.25) is 0 Å². The highest BCUT2D eigenvalue weighted by Gasteiger charge is 1.85. The first-order chi connectivity index (χ1) is 5.33. The van der Waals surface area contributed by atoms with Crippen molar-refractivity contribution < 1.29 is 0 Å². The van der Waals surface area contributed by atoms with E-state index < -0.39 is 0 Å². The van der Waals surface area contributed by atoms with E-state index in [-0.39, 0.29) is 0 Å². The van der Waals surface area contributed by atoms with E-state index in [0.717, 1.165) is 16.3 Å². The van der Waals surface area contributed by atoms with Crippen LogP contribution in [0.5, 0.6) is 0 Å². The second kappa shape index (κ2) is 4.47. The molecule has 2 heteroatoms. The van der Waals surface area contributed by atoms with Crippen molar-refractivity contribution >= 4 is 30.3 Å². The molecule has 0 aromatic heterocycles. The van der Waals surface area contributed by atoms with E-state index in [2.05, 4.69) is 12.6 Å². The molecule has 0 radical (unpaired) electrons. The number of hydrogen-bond acceptors (Lipinski definition) is 1. The molecule has 0 N–H and O–H groups in total. The van der Waals surface area contributed by atoms with Gasteiger partial charge >= 0.3 is 0 Å². The van der Waals surface area contributed by atoms with Crippen LogP contribution in [0.2, 0.25) is 5.02 Å². The fraction of sp³-hybridized carbons (Fsp3) is 0.111. The monoisotopic (exact) mass is 184 g/mol. The van der Waals surface area contributed by atoms with E-state index in [0.29, 0.717) is 0 Å². The van der Waals surface area contributed by atoms with Crippen LogP contribution in [0.4, 0.5) is 0 Å². The van der Waals surface area contributed by atoms with Gasteiger partial charge in [-0.25, -0.2) is 0 Å². The molecule has 0 aliphatic rings. The number of thiol groups is 1. The van der Waals surface area contributed by atoms with E-state index in [9.17, 15) is 0 Å². The van der Waals surface area contributed by atoms with Gasteiger partial charge in [0.1, 0.15) is 0 Å². The highest BCUT2D eigenvalue weighted by Crippen LogP contribution is 2.10. The van der Waals surface area contributed by atoms with Crippen LogP contribution in [-0.2, 0) is 0 Å². The molecular weight excluding hydrogens is 176 g/mol. The average Bonchev–Trinajstić information content (AvgIpc) is 2.04. The van der Waals surface area contributed by atoms with Crippen LogP contribution in [0.15, 0.2) is 30.3 Å². The standard InChI is InChI=1S/C9H9ClS/c10-9-5-3-8(4-6-9)2-1-7-11/h1-6,11H,7H2. The lowest BCUT2D eigenvalue weighted by atomic mass is 10.2. The van der Waals surface area contributed by atoms with E-state index in [4.69, 9.17) is 11.6 Å². The molecule has 58 valence electrons. The van der Waals surface area contributed by atoms with Crippen LogP contribution in [-0.4, -0.2) is 5.75 Å². The van der Waals surface area contributed by atoms with Gasteiger partial charge in [-0.2, -0.15) is 12.6 Å². The third-order valence-electron chi connectivity index (χ3n) is 1.29. The van der Waals surface area contributed by atoms with Gasteiger partial charge in [0, 0.05) is 10.8 Å². The van der Waals surface area contributed by atoms with Gasteiger partial charge < -0.3 is 0 Å². The van der Waals surface area contributed by atoms with Gasteiger partial charge in [0.05, 0.1) is 0 Å². The Morgan fingerprint density at radius 3 is 2.45 bits per heavy atom. The Bertz CT molecular complexity index is 238. The lowest BCUT2D eigenvalue weighted by Crippen LogP contribution is -1.70. The molecule has 0 saturated heterocycles. The van der Waals surface area contributed by atoms with Crippen molar-refractivity contribution in [2.45, 2.75) is 0 Å². The van der Waals surface area contributed by atoms with Crippen molar-refractivity contribution in [3.05, 3.63) is 40.9 Å². The molecule has 0 spiro atoms. The lowest BCUT2D eigenvalue weighted by Gasteiger charge is -1.91. The molecule has 0 bridgehead atoms. The summed E-state index contributed by atoms with van der Waals surface area (Å²) in [5.74, 6) is 0.766. The van der Waals surface area contributed by atoms with Crippen LogP contribution in [0.1, 0.15) is 5.56 Å². The summed E-state index contributed by atoms with van der Waals surface area (Å²) >= 11 is 9.76. The van der Waals surface area contributed by atoms with E-state index in [1.54, 1.807) is 0 Å². The van der Waals surface area contributed by atoms with Crippen molar-refractivity contribution in [1.82, 2.24) is 0 Å². The number of halogens is 1. The minimum atomic E-state index is 0.766. The molecule has 0 nitrogen and oxygen atoms in total. The summed E-state index contributed by atoms with van der Waals surface area (Å²) in [6.45, 7) is 0. The first-order valence-corrected chi connectivity index (χ1v) is 4.37. The third-order valence-corrected chi connectivity index (χ3v) is 1.75. The molecule has 0 saturated carbocycles. The Labute approximate surface area is 77.3 Å². The minimum Gasteiger partial charge on any atom is -0.175 e. The molecule has 11 heavy (non-hydrogen) atoms. The van der Waals surface area contributed by atoms with Gasteiger partial charge in [-0.05, 0) is 17.7 Å². The van der Waals surface area contributed by atoms with Gasteiger partial charge in [-0.1, -0.05) is 35.9 Å². The Morgan fingerprint density at radius 1 is 1.27 bits per heavy atom. The maximum absolute atomic E-state index is 5.71. The maximum atomic E-state index is 5.71. The summed E-state index contributed by atoms with van der Waals surface area (Å²) in [6, 6.07) is 7.70. The topological polar surface area (TPSA) is 0 Å². The van der Waals surface area contributed by atoms with Crippen molar-refractivity contribution in [3.63, 3.8) is 0 Å². The summed E-state index contributed by atoms with van der Waals surface area (Å²) < 4.78 is 0. The van der Waals surface area contributed by atoms with E-state index >= 15 is 0 Å². The molecule has 1 aromatic rings. The molecule has 0 fully saturated rings. The highest BCUT2D eigenvalue weighted by atomic mass is 35.5. The summed E-state index contributed by atoms with van der Waals surface area (Å²) in [4.78, 5) is 0. The van der Waals surface area contributed by atoms with Crippen molar-refractivity contribution in [3.8, 4) is 0 Å². The zero-order valence-corrected chi connectivity index (χ0v) is 7.65. The Balaban J connectivity index is 2.73. The van der Waals surface area contributed by atoms with E-state index in [1.165, 1.54) is 0 Å². The second-order valence-electron chi connectivity index (χ2n) is 2.14. The predicted molar refractivity (Wildman–Crippen MR) is 54.3 cm³/mol. The van der Waals surface area contributed by atoms with Gasteiger partial charge in [-0.3, -0.25) is 0 Å². The molecule has 1 aromatic carbocycles. The maximum Gasteiger partial charge on any atom is 0.0406 e. The second-order valence-corrected chi connectivity index (χ2v) is 2.94. The zero-order chi connectivity index (χ0) is 8.10. The Hall–Kier alpha value is -0.400. The average molecular weight is 185 g/mol. The fourth-order valence-corrected chi connectivity index (χ4v) is 0.994. The smallest absolute Gasteiger partial charge is 0.0406 e. The molecule has 0 aliphatic heterocycles. The molecule has 0 heterocycles. The SMILES string of the molecule is SCC=Cc1ccc(Cl)cc1. The number of benzene rings is 1. The highest BCUT2D eigenvalue weighted by molar-refractivity contribution is 7.80. The van der Waals surface area contributed by atoms with Crippen LogP contribution < -0.4 is 0 Å². The van der Waals surface area contributed by atoms with Crippen molar-refractivity contribution in [2.24, 2.45) is 0 Å². The molecule has 0 atom stereocenters. The summed E-state index contributed by atoms with van der Waals surface area (Å²) in [6.07, 6.45) is 4.01. The molecular formula is C9H9ClS. The first kappa shape index (κ1) is 8.69. The first-order valence-electron chi connectivity index (χ1n) is 3.36. The third kappa shape index (κ3) is 3.00. The minimum absolute atomic E-state index is 0.766. The normalized spacial score (nSPS) is 10.7. The fourth-order valence-electron chi connectivity index (χ4n) is 0.763. The lowest BCUT2D eigenvalue weighted by molar-refractivity contribution is 1.65. The van der Waals surface area contributed by atoms with Crippen LogP contribution in [0.3, 0.4) is 0 Å². The van der Waals surface area contributed by atoms with Crippen LogP contribution >= 0.6 is 24.2 Å². The quantitative estimate of drug-likeness (QED) is 0.671. The van der Waals surface area contributed by atoms with Crippen LogP contribution in [0.25, 0.3) is 6.08 Å². The van der Waals surface area contributed by atoms with Crippen molar-refractivity contribution in [2.75, 3.05) is 5.75 Å². The zero-order valence-electron chi connectivity index (χ0n) is 6.00. The molecule has 0 unspecified atom stereocenters.